The molecular weight excluding hydrogens is 316 g/mol. The summed E-state index contributed by atoms with van der Waals surface area (Å²) in [7, 11) is 1.38. The molecule has 0 saturated heterocycles. The molecule has 0 amide bonds. The molecule has 0 bridgehead atoms. The van der Waals surface area contributed by atoms with Crippen LogP contribution in [0.15, 0.2) is 24.3 Å². The van der Waals surface area contributed by atoms with Crippen LogP contribution < -0.4 is 5.32 Å². The second-order valence-corrected chi connectivity index (χ2v) is 5.92. The van der Waals surface area contributed by atoms with Crippen LogP contribution in [0.25, 0.3) is 10.2 Å². The van der Waals surface area contributed by atoms with Gasteiger partial charge in [0.25, 0.3) is 0 Å². The highest BCUT2D eigenvalue weighted by atomic mass is 79.9. The van der Waals surface area contributed by atoms with Gasteiger partial charge in [0.2, 0.25) is 0 Å². The van der Waals surface area contributed by atoms with Crippen molar-refractivity contribution in [3.05, 3.63) is 29.3 Å². The fourth-order valence-corrected chi connectivity index (χ4v) is 2.87. The number of halogens is 1. The molecule has 6 heteroatoms. The fourth-order valence-electron chi connectivity index (χ4n) is 1.51. The summed E-state index contributed by atoms with van der Waals surface area (Å²) in [6, 6.07) is 8.03. The zero-order valence-corrected chi connectivity index (χ0v) is 12.3. The van der Waals surface area contributed by atoms with E-state index in [0.29, 0.717) is 13.1 Å². The zero-order valence-electron chi connectivity index (χ0n) is 9.85. The molecule has 1 aromatic carbocycles. The van der Waals surface area contributed by atoms with Crippen molar-refractivity contribution in [2.45, 2.75) is 11.4 Å². The van der Waals surface area contributed by atoms with Gasteiger partial charge in [-0.1, -0.05) is 28.1 Å². The second-order valence-electron chi connectivity index (χ2n) is 3.70. The molecule has 1 atom stereocenters. The third kappa shape index (κ3) is 3.28. The summed E-state index contributed by atoms with van der Waals surface area (Å²) in [5.74, 6) is -0.271. The minimum absolute atomic E-state index is 0.271. The molecule has 1 aromatic heterocycles. The van der Waals surface area contributed by atoms with Crippen molar-refractivity contribution in [1.82, 2.24) is 10.3 Å². The van der Waals surface area contributed by atoms with Gasteiger partial charge >= 0.3 is 5.97 Å². The van der Waals surface area contributed by atoms with Crippen LogP contribution in [0.4, 0.5) is 0 Å². The number of hydrogen-bond acceptors (Lipinski definition) is 5. The van der Waals surface area contributed by atoms with Gasteiger partial charge in [-0.25, -0.2) is 4.98 Å². The number of nitrogens with one attached hydrogen (secondary N) is 1. The van der Waals surface area contributed by atoms with Gasteiger partial charge in [0, 0.05) is 13.1 Å². The van der Waals surface area contributed by atoms with Crippen molar-refractivity contribution >= 4 is 43.5 Å². The number of hydrogen-bond donors (Lipinski definition) is 1. The van der Waals surface area contributed by atoms with E-state index in [9.17, 15) is 4.79 Å². The van der Waals surface area contributed by atoms with Gasteiger partial charge in [-0.15, -0.1) is 11.3 Å². The van der Waals surface area contributed by atoms with Crippen LogP contribution in [0, 0.1) is 0 Å². The number of alkyl halides is 1. The third-order valence-corrected chi connectivity index (χ3v) is 4.13. The van der Waals surface area contributed by atoms with Crippen molar-refractivity contribution in [3.8, 4) is 0 Å². The van der Waals surface area contributed by atoms with Crippen LogP contribution in [0.3, 0.4) is 0 Å². The molecule has 18 heavy (non-hydrogen) atoms. The number of esters is 1. The maximum absolute atomic E-state index is 11.2. The summed E-state index contributed by atoms with van der Waals surface area (Å²) in [5.41, 5.74) is 1.02. The van der Waals surface area contributed by atoms with Crippen LogP contribution in [-0.4, -0.2) is 29.4 Å². The Hall–Kier alpha value is -0.980. The Bertz CT molecular complexity index is 511. The number of carbonyl (C=O) groups excluding carboxylic acids is 1. The Kier molecular flexibility index (Phi) is 4.68. The number of nitrogens with zero attached hydrogens (tertiary/aromatic N) is 1. The highest BCUT2D eigenvalue weighted by molar-refractivity contribution is 9.10. The third-order valence-electron chi connectivity index (χ3n) is 2.39. The summed E-state index contributed by atoms with van der Waals surface area (Å²) in [6.07, 6.45) is 0. The summed E-state index contributed by atoms with van der Waals surface area (Å²) >= 11 is 4.92. The molecule has 96 valence electrons. The summed E-state index contributed by atoms with van der Waals surface area (Å²) < 4.78 is 5.80. The second kappa shape index (κ2) is 6.26. The first-order valence-electron chi connectivity index (χ1n) is 5.48. The largest absolute Gasteiger partial charge is 0.468 e. The van der Waals surface area contributed by atoms with Gasteiger partial charge in [-0.2, -0.15) is 0 Å². The van der Waals surface area contributed by atoms with Crippen LogP contribution in [0.2, 0.25) is 0 Å². The highest BCUT2D eigenvalue weighted by Gasteiger charge is 2.14. The predicted octanol–water partition coefficient (Wildman–Crippen LogP) is 2.32. The number of carbonyl (C=O) groups is 1. The Labute approximate surface area is 117 Å². The van der Waals surface area contributed by atoms with E-state index in [1.54, 1.807) is 11.3 Å². The molecule has 0 spiro atoms. The van der Waals surface area contributed by atoms with E-state index in [0.717, 1.165) is 10.5 Å². The number of para-hydroxylation sites is 1. The molecule has 2 rings (SSSR count). The topological polar surface area (TPSA) is 51.2 Å². The number of rotatable bonds is 5. The number of thiazole rings is 1. The first-order valence-corrected chi connectivity index (χ1v) is 7.21. The van der Waals surface area contributed by atoms with E-state index in [1.807, 2.05) is 18.2 Å². The standard InChI is InChI=1S/C12H13BrN2O2S/c1-17-12(16)8(13)6-14-7-11-15-9-4-2-3-5-10(9)18-11/h2-5,8,14H,6-7H2,1H3. The number of benzene rings is 1. The van der Waals surface area contributed by atoms with Crippen molar-refractivity contribution in [2.75, 3.05) is 13.7 Å². The molecule has 0 aliphatic heterocycles. The van der Waals surface area contributed by atoms with Crippen LogP contribution in [-0.2, 0) is 16.1 Å². The molecule has 0 aliphatic carbocycles. The molecule has 2 aromatic rings. The number of aromatic nitrogens is 1. The molecule has 4 nitrogen and oxygen atoms in total. The quantitative estimate of drug-likeness (QED) is 0.676. The van der Waals surface area contributed by atoms with Gasteiger partial charge in [-0.3, -0.25) is 4.79 Å². The van der Waals surface area contributed by atoms with E-state index in [4.69, 9.17) is 0 Å². The molecule has 0 fully saturated rings. The lowest BCUT2D eigenvalue weighted by molar-refractivity contribution is -0.139. The van der Waals surface area contributed by atoms with Crippen molar-refractivity contribution < 1.29 is 9.53 Å². The van der Waals surface area contributed by atoms with Gasteiger partial charge < -0.3 is 10.1 Å². The predicted molar refractivity (Wildman–Crippen MR) is 76.1 cm³/mol. The van der Waals surface area contributed by atoms with Crippen molar-refractivity contribution in [1.29, 1.82) is 0 Å². The van der Waals surface area contributed by atoms with Crippen LogP contribution in [0.1, 0.15) is 5.01 Å². The molecule has 1 N–H and O–H groups in total. The van der Waals surface area contributed by atoms with E-state index in [-0.39, 0.29) is 10.8 Å². The zero-order chi connectivity index (χ0) is 13.0. The van der Waals surface area contributed by atoms with Gasteiger partial charge in [0.15, 0.2) is 0 Å². The smallest absolute Gasteiger partial charge is 0.320 e. The molecule has 0 aliphatic rings. The molecule has 0 saturated carbocycles. The van der Waals surface area contributed by atoms with Gasteiger partial charge in [0.1, 0.15) is 9.83 Å². The van der Waals surface area contributed by atoms with Crippen LogP contribution in [0.5, 0.6) is 0 Å². The van der Waals surface area contributed by atoms with Crippen LogP contribution >= 0.6 is 27.3 Å². The Balaban J connectivity index is 1.88. The first-order chi connectivity index (χ1) is 8.70. The Morgan fingerprint density at radius 3 is 3.06 bits per heavy atom. The normalized spacial score (nSPS) is 12.6. The highest BCUT2D eigenvalue weighted by Crippen LogP contribution is 2.21. The maximum atomic E-state index is 11.2. The number of ether oxygens (including phenoxy) is 1. The average molecular weight is 329 g/mol. The van der Waals surface area contributed by atoms with E-state index in [2.05, 4.69) is 37.0 Å². The van der Waals surface area contributed by atoms with Gasteiger partial charge in [-0.05, 0) is 12.1 Å². The minimum atomic E-state index is -0.322. The van der Waals surface area contributed by atoms with E-state index >= 15 is 0 Å². The van der Waals surface area contributed by atoms with E-state index < -0.39 is 0 Å². The lowest BCUT2D eigenvalue weighted by atomic mass is 10.3. The fraction of sp³-hybridized carbons (Fsp3) is 0.333. The lowest BCUT2D eigenvalue weighted by Gasteiger charge is -2.07. The van der Waals surface area contributed by atoms with Gasteiger partial charge in [0.05, 0.1) is 17.3 Å². The van der Waals surface area contributed by atoms with Crippen molar-refractivity contribution in [3.63, 3.8) is 0 Å². The molecule has 0 radical (unpaired) electrons. The van der Waals surface area contributed by atoms with Crippen molar-refractivity contribution in [2.24, 2.45) is 0 Å². The monoisotopic (exact) mass is 328 g/mol. The summed E-state index contributed by atoms with van der Waals surface area (Å²) in [4.78, 5) is 15.3. The summed E-state index contributed by atoms with van der Waals surface area (Å²) in [6.45, 7) is 1.17. The SMILES string of the molecule is COC(=O)C(Br)CNCc1nc2ccccc2s1. The maximum Gasteiger partial charge on any atom is 0.320 e. The Morgan fingerprint density at radius 1 is 1.56 bits per heavy atom. The molecular formula is C12H13BrN2O2S. The van der Waals surface area contributed by atoms with E-state index in [1.165, 1.54) is 11.8 Å². The number of fused-ring (bicyclic) bond motifs is 1. The molecule has 1 heterocycles. The average Bonchev–Trinajstić information content (AvgIpc) is 2.80. The lowest BCUT2D eigenvalue weighted by Crippen LogP contribution is -2.29. The molecule has 1 unspecified atom stereocenters. The number of methoxy groups -OCH3 is 1. The first kappa shape index (κ1) is 13.5. The summed E-state index contributed by atoms with van der Waals surface area (Å²) in [5, 5.41) is 4.19. The Morgan fingerprint density at radius 2 is 2.33 bits per heavy atom. The minimum Gasteiger partial charge on any atom is -0.468 e.